The van der Waals surface area contributed by atoms with Crippen molar-refractivity contribution in [1.29, 1.82) is 0 Å². The minimum absolute atomic E-state index is 0.0285. The van der Waals surface area contributed by atoms with E-state index in [0.717, 1.165) is 6.26 Å². The number of carbonyl (C=O) groups is 1. The summed E-state index contributed by atoms with van der Waals surface area (Å²) in [6.07, 6.45) is -2.45. The van der Waals surface area contributed by atoms with E-state index in [-0.39, 0.29) is 87.5 Å². The zero-order chi connectivity index (χ0) is 26.4. The number of fused-ring (bicyclic) bond motifs is 1. The van der Waals surface area contributed by atoms with Gasteiger partial charge in [0.25, 0.3) is 5.91 Å². The van der Waals surface area contributed by atoms with Crippen LogP contribution in [0.25, 0.3) is 5.65 Å². The number of amides is 1. The first-order chi connectivity index (χ1) is 16.7. The summed E-state index contributed by atoms with van der Waals surface area (Å²) in [4.78, 5) is 16.5. The van der Waals surface area contributed by atoms with Gasteiger partial charge in [-0.05, 0) is 50.2 Å². The van der Waals surface area contributed by atoms with Gasteiger partial charge in [-0.25, -0.2) is 22.2 Å². The van der Waals surface area contributed by atoms with Gasteiger partial charge in [-0.15, -0.1) is 0 Å². The molecule has 1 aliphatic carbocycles. The Morgan fingerprint density at radius 2 is 1.83 bits per heavy atom. The second-order valence-electron chi connectivity index (χ2n) is 9.80. The predicted octanol–water partition coefficient (Wildman–Crippen LogP) is 4.04. The lowest BCUT2D eigenvalue weighted by Gasteiger charge is -2.35. The number of sulfone groups is 1. The first-order valence-electron chi connectivity index (χ1n) is 11.7. The maximum absolute atomic E-state index is 13.8. The van der Waals surface area contributed by atoms with Crippen LogP contribution in [0.1, 0.15) is 60.3 Å². The van der Waals surface area contributed by atoms with Gasteiger partial charge < -0.3 is 14.5 Å². The summed E-state index contributed by atoms with van der Waals surface area (Å²) in [5, 5.41) is 2.60. The van der Waals surface area contributed by atoms with Crippen molar-refractivity contribution in [3.8, 4) is 0 Å². The van der Waals surface area contributed by atoms with Crippen molar-refractivity contribution in [3.63, 3.8) is 0 Å². The highest BCUT2D eigenvalue weighted by Gasteiger charge is 2.43. The topological polar surface area (TPSA) is 89.8 Å². The molecule has 1 saturated carbocycles. The molecule has 2 aromatic rings. The third-order valence-electron chi connectivity index (χ3n) is 7.34. The van der Waals surface area contributed by atoms with Crippen LogP contribution in [0.5, 0.6) is 0 Å². The second-order valence-corrected chi connectivity index (χ2v) is 12.2. The summed E-state index contributed by atoms with van der Waals surface area (Å²) in [5.74, 6) is -3.76. The Kier molecular flexibility index (Phi) is 7.10. The van der Waals surface area contributed by atoms with Crippen LogP contribution in [0.4, 0.5) is 22.0 Å². The van der Waals surface area contributed by atoms with Gasteiger partial charge in [0.2, 0.25) is 5.92 Å². The predicted molar refractivity (Wildman–Crippen MR) is 121 cm³/mol. The number of carbonyl (C=O) groups excluding carboxylic acids is 1. The number of pyridine rings is 1. The van der Waals surface area contributed by atoms with Gasteiger partial charge in [0.15, 0.2) is 15.5 Å². The minimum Gasteiger partial charge on any atom is -0.381 e. The Labute approximate surface area is 205 Å². The van der Waals surface area contributed by atoms with Gasteiger partial charge in [-0.1, -0.05) is 0 Å². The van der Waals surface area contributed by atoms with Gasteiger partial charge in [0.05, 0.1) is 10.4 Å². The van der Waals surface area contributed by atoms with Gasteiger partial charge in [-0.3, -0.25) is 4.79 Å². The molecular formula is C23H28F5N3O4S. The molecule has 2 aromatic heterocycles. The number of rotatable bonds is 6. The van der Waals surface area contributed by atoms with E-state index < -0.39 is 38.3 Å². The molecule has 4 rings (SSSR count). The molecule has 1 amide bonds. The third kappa shape index (κ3) is 5.51. The maximum atomic E-state index is 13.8. The van der Waals surface area contributed by atoms with Gasteiger partial charge >= 0.3 is 6.18 Å². The molecular weight excluding hydrogens is 509 g/mol. The lowest BCUT2D eigenvalue weighted by Crippen LogP contribution is -2.51. The van der Waals surface area contributed by atoms with E-state index in [1.807, 2.05) is 0 Å². The van der Waals surface area contributed by atoms with Crippen LogP contribution in [-0.2, 0) is 27.2 Å². The molecule has 0 aromatic carbocycles. The molecule has 1 aliphatic heterocycles. The first kappa shape index (κ1) is 26.8. The number of imidazole rings is 1. The SMILES string of the molecule is CS(=O)(=O)C1(CNC(=O)c2ccn3c(CC4CCC(F)(F)CC4)c(C(F)(F)F)nc3c2)CCOCC1. The van der Waals surface area contributed by atoms with Crippen LogP contribution >= 0.6 is 0 Å². The smallest absolute Gasteiger partial charge is 0.381 e. The van der Waals surface area contributed by atoms with Crippen molar-refractivity contribution in [2.24, 2.45) is 5.92 Å². The fourth-order valence-corrected chi connectivity index (χ4v) is 6.24. The van der Waals surface area contributed by atoms with Gasteiger partial charge in [-0.2, -0.15) is 13.2 Å². The molecule has 2 fully saturated rings. The Hall–Kier alpha value is -2.28. The maximum Gasteiger partial charge on any atom is 0.435 e. The van der Waals surface area contributed by atoms with Crippen LogP contribution in [0, 0.1) is 5.92 Å². The molecule has 2 aliphatic rings. The zero-order valence-corrected chi connectivity index (χ0v) is 20.5. The zero-order valence-electron chi connectivity index (χ0n) is 19.7. The van der Waals surface area contributed by atoms with Crippen molar-refractivity contribution in [2.75, 3.05) is 26.0 Å². The molecule has 0 spiro atoms. The average molecular weight is 538 g/mol. The van der Waals surface area contributed by atoms with Gasteiger partial charge in [0, 0.05) is 50.6 Å². The number of ether oxygens (including phenoxy) is 1. The van der Waals surface area contributed by atoms with E-state index in [2.05, 4.69) is 10.3 Å². The first-order valence-corrected chi connectivity index (χ1v) is 13.6. The molecule has 36 heavy (non-hydrogen) atoms. The number of hydrogen-bond acceptors (Lipinski definition) is 5. The molecule has 0 radical (unpaired) electrons. The fraction of sp³-hybridized carbons (Fsp3) is 0.652. The van der Waals surface area contributed by atoms with E-state index in [0.29, 0.717) is 0 Å². The molecule has 0 bridgehead atoms. The Morgan fingerprint density at radius 3 is 2.42 bits per heavy atom. The van der Waals surface area contributed by atoms with E-state index in [4.69, 9.17) is 4.74 Å². The quantitative estimate of drug-likeness (QED) is 0.562. The molecule has 0 unspecified atom stereocenters. The summed E-state index contributed by atoms with van der Waals surface area (Å²) >= 11 is 0. The largest absolute Gasteiger partial charge is 0.435 e. The second kappa shape index (κ2) is 9.55. The fourth-order valence-electron chi connectivity index (χ4n) is 5.00. The molecule has 13 heteroatoms. The van der Waals surface area contributed by atoms with Crippen LogP contribution in [0.15, 0.2) is 18.3 Å². The van der Waals surface area contributed by atoms with E-state index in [9.17, 15) is 35.2 Å². The van der Waals surface area contributed by atoms with Crippen molar-refractivity contribution < 1.29 is 39.9 Å². The number of aromatic nitrogens is 2. The van der Waals surface area contributed by atoms with Crippen molar-refractivity contribution in [3.05, 3.63) is 35.3 Å². The molecule has 1 N–H and O–H groups in total. The van der Waals surface area contributed by atoms with E-state index in [1.165, 1.54) is 22.7 Å². The molecule has 0 atom stereocenters. The number of hydrogen-bond donors (Lipinski definition) is 1. The highest BCUT2D eigenvalue weighted by Crippen LogP contribution is 2.40. The van der Waals surface area contributed by atoms with Crippen LogP contribution in [0.2, 0.25) is 0 Å². The summed E-state index contributed by atoms with van der Waals surface area (Å²) < 4.78 is 98.4. The van der Waals surface area contributed by atoms with Gasteiger partial charge in [0.1, 0.15) is 5.65 Å². The van der Waals surface area contributed by atoms with Crippen LogP contribution < -0.4 is 5.32 Å². The summed E-state index contributed by atoms with van der Waals surface area (Å²) in [5.41, 5.74) is -1.30. The Bertz CT molecular complexity index is 1230. The van der Waals surface area contributed by atoms with E-state index >= 15 is 0 Å². The Balaban J connectivity index is 1.57. The minimum atomic E-state index is -4.76. The summed E-state index contributed by atoms with van der Waals surface area (Å²) in [6.45, 7) is 0.328. The van der Waals surface area contributed by atoms with Crippen LogP contribution in [-0.4, -0.2) is 60.4 Å². The number of nitrogens with zero attached hydrogens (tertiary/aromatic N) is 2. The highest BCUT2D eigenvalue weighted by atomic mass is 32.2. The van der Waals surface area contributed by atoms with Crippen molar-refractivity contribution in [2.45, 2.75) is 61.8 Å². The lowest BCUT2D eigenvalue weighted by atomic mass is 9.83. The molecule has 200 valence electrons. The number of halogens is 5. The summed E-state index contributed by atoms with van der Waals surface area (Å²) in [6, 6.07) is 2.54. The summed E-state index contributed by atoms with van der Waals surface area (Å²) in [7, 11) is -3.52. The Morgan fingerprint density at radius 1 is 1.19 bits per heavy atom. The normalized spacial score (nSPS) is 20.9. The standard InChI is InChI=1S/C23H28F5N3O4S/c1-36(33,34)21(7-10-35-11-8-21)14-29-20(32)16-4-9-31-17(12-15-2-5-22(24,25)6-3-15)19(23(26,27)28)30-18(31)13-16/h4,9,13,15H,2-3,5-8,10-12,14H2,1H3,(H,29,32). The van der Waals surface area contributed by atoms with E-state index in [1.54, 1.807) is 0 Å². The highest BCUT2D eigenvalue weighted by molar-refractivity contribution is 7.92. The number of alkyl halides is 5. The molecule has 1 saturated heterocycles. The molecule has 7 nitrogen and oxygen atoms in total. The lowest BCUT2D eigenvalue weighted by molar-refractivity contribution is -0.141. The monoisotopic (exact) mass is 537 g/mol. The van der Waals surface area contributed by atoms with Crippen molar-refractivity contribution in [1.82, 2.24) is 14.7 Å². The third-order valence-corrected chi connectivity index (χ3v) is 9.46. The number of nitrogens with one attached hydrogen (secondary N) is 1. The van der Waals surface area contributed by atoms with Crippen LogP contribution in [0.3, 0.4) is 0 Å². The molecule has 3 heterocycles. The van der Waals surface area contributed by atoms with Crippen molar-refractivity contribution >= 4 is 21.4 Å². The average Bonchev–Trinajstić information content (AvgIpc) is 3.17.